The van der Waals surface area contributed by atoms with Gasteiger partial charge in [0.05, 0.1) is 21.5 Å². The van der Waals surface area contributed by atoms with Crippen LogP contribution >= 0.6 is 38.6 Å². The molecule has 0 fully saturated rings. The molecule has 1 aromatic carbocycles. The second-order valence-electron chi connectivity index (χ2n) is 4.77. The monoisotopic (exact) mass is 421 g/mol. The van der Waals surface area contributed by atoms with Crippen molar-refractivity contribution in [2.45, 2.75) is 0 Å². The third kappa shape index (κ3) is 3.58. The first kappa shape index (κ1) is 16.9. The van der Waals surface area contributed by atoms with E-state index in [0.29, 0.717) is 15.4 Å². The van der Waals surface area contributed by atoms with E-state index in [1.807, 2.05) is 36.4 Å². The molecule has 7 heteroatoms. The molecular formula is C17H12BrNO3S2. The van der Waals surface area contributed by atoms with E-state index >= 15 is 0 Å². The van der Waals surface area contributed by atoms with Gasteiger partial charge in [0, 0.05) is 4.88 Å². The minimum Gasteiger partial charge on any atom is -0.465 e. The maximum atomic E-state index is 12.4. The molecule has 1 amide bonds. The highest BCUT2D eigenvalue weighted by molar-refractivity contribution is 9.11. The summed E-state index contributed by atoms with van der Waals surface area (Å²) >= 11 is 5.96. The lowest BCUT2D eigenvalue weighted by atomic mass is 10.2. The molecule has 0 atom stereocenters. The standard InChI is InChI=1S/C17H12BrNO3S2/c1-22-17(21)15-11(19-16(20)12-7-8-14(18)23-12)9-13(24-15)10-5-3-2-4-6-10/h2-9H,1H3,(H,19,20). The molecule has 122 valence electrons. The summed E-state index contributed by atoms with van der Waals surface area (Å²) in [6.07, 6.45) is 0. The average molecular weight is 422 g/mol. The fourth-order valence-corrected chi connectivity index (χ4v) is 4.41. The molecule has 0 aliphatic rings. The molecular weight excluding hydrogens is 410 g/mol. The van der Waals surface area contributed by atoms with Crippen molar-refractivity contribution in [3.63, 3.8) is 0 Å². The molecule has 3 rings (SSSR count). The molecule has 2 heterocycles. The Labute approximate surface area is 155 Å². The molecule has 2 aromatic heterocycles. The van der Waals surface area contributed by atoms with E-state index in [0.717, 1.165) is 14.2 Å². The van der Waals surface area contributed by atoms with Crippen molar-refractivity contribution in [1.29, 1.82) is 0 Å². The quantitative estimate of drug-likeness (QED) is 0.583. The number of benzene rings is 1. The van der Waals surface area contributed by atoms with E-state index in [1.165, 1.54) is 29.8 Å². The number of amides is 1. The van der Waals surface area contributed by atoms with E-state index in [4.69, 9.17) is 4.74 Å². The number of halogens is 1. The molecule has 0 bridgehead atoms. The summed E-state index contributed by atoms with van der Waals surface area (Å²) in [6.45, 7) is 0. The summed E-state index contributed by atoms with van der Waals surface area (Å²) in [5.41, 5.74) is 1.44. The highest BCUT2D eigenvalue weighted by atomic mass is 79.9. The number of hydrogen-bond acceptors (Lipinski definition) is 5. The van der Waals surface area contributed by atoms with E-state index in [1.54, 1.807) is 12.1 Å². The van der Waals surface area contributed by atoms with Crippen LogP contribution in [0.2, 0.25) is 0 Å². The van der Waals surface area contributed by atoms with Crippen molar-refractivity contribution in [3.8, 4) is 10.4 Å². The van der Waals surface area contributed by atoms with E-state index in [2.05, 4.69) is 21.2 Å². The van der Waals surface area contributed by atoms with Crippen LogP contribution in [0, 0.1) is 0 Å². The average Bonchev–Trinajstić information content (AvgIpc) is 3.21. The second kappa shape index (κ2) is 7.29. The van der Waals surface area contributed by atoms with E-state index in [9.17, 15) is 9.59 Å². The largest absolute Gasteiger partial charge is 0.465 e. The number of hydrogen-bond donors (Lipinski definition) is 1. The van der Waals surface area contributed by atoms with Crippen LogP contribution in [0.25, 0.3) is 10.4 Å². The predicted octanol–water partition coefficient (Wildman–Crippen LogP) is 5.28. The highest BCUT2D eigenvalue weighted by Gasteiger charge is 2.20. The summed E-state index contributed by atoms with van der Waals surface area (Å²) in [7, 11) is 1.33. The Morgan fingerprint density at radius 3 is 2.46 bits per heavy atom. The zero-order chi connectivity index (χ0) is 17.1. The molecule has 3 aromatic rings. The maximum Gasteiger partial charge on any atom is 0.350 e. The number of carbonyl (C=O) groups excluding carboxylic acids is 2. The van der Waals surface area contributed by atoms with Crippen molar-refractivity contribution >= 4 is 56.2 Å². The normalized spacial score (nSPS) is 10.4. The molecule has 0 spiro atoms. The second-order valence-corrected chi connectivity index (χ2v) is 8.28. The third-order valence-electron chi connectivity index (χ3n) is 3.21. The number of thiophene rings is 2. The molecule has 0 saturated carbocycles. The number of methoxy groups -OCH3 is 1. The maximum absolute atomic E-state index is 12.4. The van der Waals surface area contributed by atoms with Gasteiger partial charge in [0.1, 0.15) is 4.88 Å². The van der Waals surface area contributed by atoms with E-state index in [-0.39, 0.29) is 5.91 Å². The zero-order valence-electron chi connectivity index (χ0n) is 12.5. The minimum absolute atomic E-state index is 0.256. The Bertz CT molecular complexity index is 886. The van der Waals surface area contributed by atoms with Crippen molar-refractivity contribution in [2.75, 3.05) is 12.4 Å². The van der Waals surface area contributed by atoms with Gasteiger partial charge >= 0.3 is 5.97 Å². The van der Waals surface area contributed by atoms with Gasteiger partial charge in [-0.1, -0.05) is 30.3 Å². The SMILES string of the molecule is COC(=O)c1sc(-c2ccccc2)cc1NC(=O)c1ccc(Br)s1. The zero-order valence-corrected chi connectivity index (χ0v) is 15.8. The fraction of sp³-hybridized carbons (Fsp3) is 0.0588. The van der Waals surface area contributed by atoms with Crippen molar-refractivity contribution in [3.05, 3.63) is 62.1 Å². The van der Waals surface area contributed by atoms with Gasteiger partial charge in [-0.05, 0) is 39.7 Å². The first-order chi connectivity index (χ1) is 11.6. The summed E-state index contributed by atoms with van der Waals surface area (Å²) in [5.74, 6) is -0.724. The number of ether oxygens (including phenoxy) is 1. The van der Waals surface area contributed by atoms with Crippen molar-refractivity contribution < 1.29 is 14.3 Å². The molecule has 4 nitrogen and oxygen atoms in total. The number of carbonyl (C=O) groups is 2. The van der Waals surface area contributed by atoms with Crippen molar-refractivity contribution in [2.24, 2.45) is 0 Å². The number of esters is 1. The Hall–Kier alpha value is -1.96. The minimum atomic E-state index is -0.468. The summed E-state index contributed by atoms with van der Waals surface area (Å²) in [5, 5.41) is 2.81. The molecule has 0 aliphatic carbocycles. The van der Waals surface area contributed by atoms with E-state index < -0.39 is 5.97 Å². The molecule has 24 heavy (non-hydrogen) atoms. The summed E-state index contributed by atoms with van der Waals surface area (Å²) in [6, 6.07) is 15.0. The Balaban J connectivity index is 1.95. The topological polar surface area (TPSA) is 55.4 Å². The first-order valence-electron chi connectivity index (χ1n) is 6.92. The van der Waals surface area contributed by atoms with Crippen LogP contribution in [0.5, 0.6) is 0 Å². The van der Waals surface area contributed by atoms with Gasteiger partial charge < -0.3 is 10.1 Å². The van der Waals surface area contributed by atoms with Gasteiger partial charge in [-0.2, -0.15) is 0 Å². The molecule has 0 radical (unpaired) electrons. The van der Waals surface area contributed by atoms with Gasteiger partial charge in [0.2, 0.25) is 0 Å². The lowest BCUT2D eigenvalue weighted by Gasteiger charge is -2.03. The lowest BCUT2D eigenvalue weighted by molar-refractivity contribution is 0.0607. The van der Waals surface area contributed by atoms with Crippen LogP contribution in [-0.4, -0.2) is 19.0 Å². The third-order valence-corrected chi connectivity index (χ3v) is 5.99. The van der Waals surface area contributed by atoms with Gasteiger partial charge in [0.25, 0.3) is 5.91 Å². The van der Waals surface area contributed by atoms with Gasteiger partial charge in [-0.3, -0.25) is 4.79 Å². The summed E-state index contributed by atoms with van der Waals surface area (Å²) in [4.78, 5) is 26.2. The highest BCUT2D eigenvalue weighted by Crippen LogP contribution is 2.35. The smallest absolute Gasteiger partial charge is 0.350 e. The molecule has 1 N–H and O–H groups in total. The van der Waals surface area contributed by atoms with Gasteiger partial charge in [-0.15, -0.1) is 22.7 Å². The van der Waals surface area contributed by atoms with Crippen LogP contribution in [0.15, 0.2) is 52.3 Å². The number of anilines is 1. The van der Waals surface area contributed by atoms with Crippen LogP contribution in [0.4, 0.5) is 5.69 Å². The van der Waals surface area contributed by atoms with Crippen LogP contribution < -0.4 is 5.32 Å². The Morgan fingerprint density at radius 1 is 1.08 bits per heavy atom. The summed E-state index contributed by atoms with van der Waals surface area (Å²) < 4.78 is 5.70. The first-order valence-corrected chi connectivity index (χ1v) is 9.35. The van der Waals surface area contributed by atoms with Crippen LogP contribution in [0.1, 0.15) is 19.3 Å². The van der Waals surface area contributed by atoms with Gasteiger partial charge in [0.15, 0.2) is 0 Å². The van der Waals surface area contributed by atoms with Crippen LogP contribution in [0.3, 0.4) is 0 Å². The van der Waals surface area contributed by atoms with Crippen molar-refractivity contribution in [1.82, 2.24) is 0 Å². The predicted molar refractivity (Wildman–Crippen MR) is 101 cm³/mol. The molecule has 0 saturated heterocycles. The fourth-order valence-electron chi connectivity index (χ4n) is 2.09. The Kier molecular flexibility index (Phi) is 5.13. The number of rotatable bonds is 4. The lowest BCUT2D eigenvalue weighted by Crippen LogP contribution is -2.12. The van der Waals surface area contributed by atoms with Gasteiger partial charge in [-0.25, -0.2) is 4.79 Å². The molecule has 0 aliphatic heterocycles. The number of nitrogens with one attached hydrogen (secondary N) is 1. The van der Waals surface area contributed by atoms with Crippen LogP contribution in [-0.2, 0) is 4.74 Å². The Morgan fingerprint density at radius 2 is 1.83 bits per heavy atom. The molecule has 0 unspecified atom stereocenters.